The number of amides is 3. The molecule has 0 aromatic heterocycles. The van der Waals surface area contributed by atoms with Crippen LogP contribution in [0.4, 0.5) is 0 Å². The summed E-state index contributed by atoms with van der Waals surface area (Å²) in [7, 11) is 6.57. The van der Waals surface area contributed by atoms with Crippen LogP contribution >= 0.6 is 21.6 Å². The van der Waals surface area contributed by atoms with Gasteiger partial charge in [-0.1, -0.05) is 149 Å². The summed E-state index contributed by atoms with van der Waals surface area (Å²) in [5.41, 5.74) is -0.318. The second-order valence-electron chi connectivity index (χ2n) is 12.0. The first kappa shape index (κ1) is 52.8. The molecule has 0 saturated carbocycles. The van der Waals surface area contributed by atoms with Crippen LogP contribution in [0, 0.1) is 5.41 Å². The Labute approximate surface area is 320 Å². The Kier molecular flexibility index (Phi) is 45.2. The second-order valence-corrected chi connectivity index (χ2v) is 14.7. The van der Waals surface area contributed by atoms with Crippen molar-refractivity contribution in [2.45, 2.75) is 112 Å². The summed E-state index contributed by atoms with van der Waals surface area (Å²) in [6, 6.07) is 0. The standard InChI is InChI=1S/C26H40N2O2S2.C11H23NO3.C4H10/c1-2-3-4-5-6-7-8-9-10-11-12-13-14-15-16-17-18-19-20-26(30)28-22-24-32-31-23-21-27-25-29;1-6-7-12-10(13)9(15-5)11(2,3)8-14-4;1-3-4-2/h3-4,6-7,9-10,12-13,15-16,18-19,25H,2,5,8,11,14,17,20-24H2,1H3,(H,27,29)(H,28,30);9H,6-8H2,1-5H3,(H,12,13);3-4H2,1-2H3/b4-3-,7-6-,10-9-,13-12-,16-15-,19-18-;;/t;9-;/m.0./s1. The van der Waals surface area contributed by atoms with Crippen LogP contribution in [0.15, 0.2) is 72.9 Å². The lowest BCUT2D eigenvalue weighted by Gasteiger charge is -2.31. The van der Waals surface area contributed by atoms with Crippen molar-refractivity contribution < 1.29 is 23.9 Å². The number of allylic oxidation sites excluding steroid dienone is 11. The highest BCUT2D eigenvalue weighted by molar-refractivity contribution is 8.76. The van der Waals surface area contributed by atoms with Gasteiger partial charge >= 0.3 is 0 Å². The lowest BCUT2D eigenvalue weighted by molar-refractivity contribution is -0.140. The van der Waals surface area contributed by atoms with E-state index in [1.54, 1.807) is 35.8 Å². The molecule has 3 amide bonds. The molecule has 0 saturated heterocycles. The number of rotatable bonds is 29. The minimum absolute atomic E-state index is 0.0539. The maximum atomic E-state index is 11.8. The molecule has 0 aromatic carbocycles. The highest BCUT2D eigenvalue weighted by Crippen LogP contribution is 2.23. The number of hydrogen-bond donors (Lipinski definition) is 3. The van der Waals surface area contributed by atoms with Crippen LogP contribution in [0.2, 0.25) is 0 Å². The number of ether oxygens (including phenoxy) is 2. The van der Waals surface area contributed by atoms with E-state index >= 15 is 0 Å². The van der Waals surface area contributed by atoms with Gasteiger partial charge in [0.2, 0.25) is 18.2 Å². The third-order valence-corrected chi connectivity index (χ3v) is 9.06. The van der Waals surface area contributed by atoms with Gasteiger partial charge in [-0.2, -0.15) is 0 Å². The number of methoxy groups -OCH3 is 2. The molecule has 0 aliphatic heterocycles. The normalized spacial score (nSPS) is 12.4. The Morgan fingerprint density at radius 3 is 1.53 bits per heavy atom. The lowest BCUT2D eigenvalue weighted by Crippen LogP contribution is -2.47. The SMILES string of the molecule is CC/C=C\C/C=C\C/C=C\C/C=C\C/C=C\C/C=C\CC(=O)NCCSSCCNC=O.CCCC.CCCNC(=O)[C@H](OC)C(C)(C)COC. The number of carbonyl (C=O) groups is 3. The average molecular weight is 752 g/mol. The molecule has 0 aliphatic rings. The summed E-state index contributed by atoms with van der Waals surface area (Å²) < 4.78 is 10.3. The topological polar surface area (TPSA) is 106 Å². The summed E-state index contributed by atoms with van der Waals surface area (Å²) in [4.78, 5) is 33.6. The van der Waals surface area contributed by atoms with Crippen molar-refractivity contribution in [1.82, 2.24) is 16.0 Å². The largest absolute Gasteiger partial charge is 0.384 e. The molecule has 0 unspecified atom stereocenters. The van der Waals surface area contributed by atoms with Crippen molar-refractivity contribution in [3.05, 3.63) is 72.9 Å². The molecule has 0 aliphatic carbocycles. The molecule has 0 bridgehead atoms. The van der Waals surface area contributed by atoms with Crippen LogP contribution in [0.3, 0.4) is 0 Å². The summed E-state index contributed by atoms with van der Waals surface area (Å²) in [5.74, 6) is 1.72. The molecule has 51 heavy (non-hydrogen) atoms. The van der Waals surface area contributed by atoms with Crippen LogP contribution in [0.1, 0.15) is 106 Å². The van der Waals surface area contributed by atoms with Gasteiger partial charge in [-0.05, 0) is 44.9 Å². The van der Waals surface area contributed by atoms with Crippen LogP contribution in [-0.2, 0) is 23.9 Å². The third kappa shape index (κ3) is 41.8. The Morgan fingerprint density at radius 2 is 1.12 bits per heavy atom. The number of nitrogens with one attached hydrogen (secondary N) is 3. The molecular formula is C41H73N3O5S2. The van der Waals surface area contributed by atoms with E-state index in [4.69, 9.17) is 9.47 Å². The van der Waals surface area contributed by atoms with Crippen molar-refractivity contribution in [3.8, 4) is 0 Å². The molecule has 0 heterocycles. The van der Waals surface area contributed by atoms with Crippen LogP contribution in [0.5, 0.6) is 0 Å². The van der Waals surface area contributed by atoms with Gasteiger partial charge in [-0.15, -0.1) is 0 Å². The Balaban J connectivity index is -0.00000100. The monoisotopic (exact) mass is 751 g/mol. The fourth-order valence-electron chi connectivity index (χ4n) is 3.86. The van der Waals surface area contributed by atoms with E-state index in [0.29, 0.717) is 39.1 Å². The van der Waals surface area contributed by atoms with E-state index in [9.17, 15) is 14.4 Å². The van der Waals surface area contributed by atoms with Gasteiger partial charge in [-0.3, -0.25) is 14.4 Å². The van der Waals surface area contributed by atoms with E-state index in [0.717, 1.165) is 56.5 Å². The molecule has 0 radical (unpaired) electrons. The molecule has 10 heteroatoms. The first-order valence-electron chi connectivity index (χ1n) is 18.6. The smallest absolute Gasteiger partial charge is 0.249 e. The Morgan fingerprint density at radius 1 is 0.647 bits per heavy atom. The first-order valence-corrected chi connectivity index (χ1v) is 21.1. The van der Waals surface area contributed by atoms with Crippen molar-refractivity contribution in [3.63, 3.8) is 0 Å². The third-order valence-electron chi connectivity index (χ3n) is 6.65. The Hall–Kier alpha value is -2.53. The average Bonchev–Trinajstić information content (AvgIpc) is 3.11. The fraction of sp³-hybridized carbons (Fsp3) is 0.634. The van der Waals surface area contributed by atoms with E-state index < -0.39 is 6.10 Å². The molecule has 0 rings (SSSR count). The fourth-order valence-corrected chi connectivity index (χ4v) is 5.69. The lowest BCUT2D eigenvalue weighted by atomic mass is 9.86. The van der Waals surface area contributed by atoms with Gasteiger partial charge in [0.1, 0.15) is 6.10 Å². The van der Waals surface area contributed by atoms with E-state index in [1.807, 2.05) is 32.9 Å². The van der Waals surface area contributed by atoms with E-state index in [-0.39, 0.29) is 17.2 Å². The molecule has 0 spiro atoms. The second kappa shape index (κ2) is 43.6. The van der Waals surface area contributed by atoms with Gasteiger partial charge in [-0.25, -0.2) is 0 Å². The molecule has 0 aromatic rings. The summed E-state index contributed by atoms with van der Waals surface area (Å²) in [6.07, 6.45) is 35.9. The predicted octanol–water partition coefficient (Wildman–Crippen LogP) is 9.32. The zero-order valence-electron chi connectivity index (χ0n) is 33.3. The van der Waals surface area contributed by atoms with Crippen molar-refractivity contribution in [2.75, 3.05) is 52.0 Å². The van der Waals surface area contributed by atoms with Gasteiger partial charge in [0.25, 0.3) is 0 Å². The van der Waals surface area contributed by atoms with Gasteiger partial charge in [0.15, 0.2) is 0 Å². The molecular weight excluding hydrogens is 679 g/mol. The molecule has 3 N–H and O–H groups in total. The summed E-state index contributed by atoms with van der Waals surface area (Å²) in [5, 5.41) is 8.35. The number of unbranched alkanes of at least 4 members (excludes halogenated alkanes) is 1. The number of carbonyl (C=O) groups excluding carboxylic acids is 3. The minimum Gasteiger partial charge on any atom is -0.384 e. The zero-order chi connectivity index (χ0) is 38.7. The van der Waals surface area contributed by atoms with E-state index in [2.05, 4.69) is 97.5 Å². The molecule has 294 valence electrons. The number of hydrogen-bond acceptors (Lipinski definition) is 7. The maximum absolute atomic E-state index is 11.8. The highest BCUT2D eigenvalue weighted by Gasteiger charge is 2.35. The predicted molar refractivity (Wildman–Crippen MR) is 225 cm³/mol. The Bertz CT molecular complexity index is 976. The zero-order valence-corrected chi connectivity index (χ0v) is 34.9. The maximum Gasteiger partial charge on any atom is 0.249 e. The molecule has 1 atom stereocenters. The summed E-state index contributed by atoms with van der Waals surface area (Å²) >= 11 is 0. The van der Waals surface area contributed by atoms with Crippen LogP contribution in [0.25, 0.3) is 0 Å². The summed E-state index contributed by atoms with van der Waals surface area (Å²) in [6.45, 7) is 15.0. The van der Waals surface area contributed by atoms with Crippen molar-refractivity contribution >= 4 is 39.8 Å². The van der Waals surface area contributed by atoms with Gasteiger partial charge in [0, 0.05) is 57.2 Å². The van der Waals surface area contributed by atoms with Gasteiger partial charge in [0.05, 0.1) is 6.61 Å². The quantitative estimate of drug-likeness (QED) is 0.0303. The van der Waals surface area contributed by atoms with Crippen molar-refractivity contribution in [2.24, 2.45) is 5.41 Å². The van der Waals surface area contributed by atoms with E-state index in [1.165, 1.54) is 12.8 Å². The minimum atomic E-state index is -0.469. The van der Waals surface area contributed by atoms with Crippen LogP contribution in [-0.4, -0.2) is 76.3 Å². The van der Waals surface area contributed by atoms with Crippen molar-refractivity contribution in [1.29, 1.82) is 0 Å². The molecule has 8 nitrogen and oxygen atoms in total. The van der Waals surface area contributed by atoms with Gasteiger partial charge < -0.3 is 25.4 Å². The van der Waals surface area contributed by atoms with Crippen LogP contribution < -0.4 is 16.0 Å². The first-order chi connectivity index (χ1) is 24.7. The molecule has 0 fully saturated rings. The highest BCUT2D eigenvalue weighted by atomic mass is 33.1.